The molecule has 0 bridgehead atoms. The number of benzene rings is 1. The molecule has 5 nitrogen and oxygen atoms in total. The largest absolute Gasteiger partial charge is 0.478 e. The van der Waals surface area contributed by atoms with E-state index in [0.717, 1.165) is 0 Å². The van der Waals surface area contributed by atoms with E-state index in [-0.39, 0.29) is 18.5 Å². The Morgan fingerprint density at radius 2 is 1.95 bits per heavy atom. The number of aliphatic carboxylic acids is 1. The van der Waals surface area contributed by atoms with Crippen LogP contribution in [0.3, 0.4) is 0 Å². The zero-order valence-corrected chi connectivity index (χ0v) is 12.9. The van der Waals surface area contributed by atoms with Gasteiger partial charge in [0.25, 0.3) is 0 Å². The molecule has 1 aromatic carbocycles. The maximum atomic E-state index is 13.4. The Labute approximate surface area is 128 Å². The van der Waals surface area contributed by atoms with E-state index >= 15 is 0 Å². The molecule has 1 amide bonds. The Morgan fingerprint density at radius 1 is 1.32 bits per heavy atom. The van der Waals surface area contributed by atoms with Crippen molar-refractivity contribution in [2.75, 3.05) is 0 Å². The van der Waals surface area contributed by atoms with Gasteiger partial charge in [-0.1, -0.05) is 12.6 Å². The zero-order chi connectivity index (χ0) is 16.9. The standard InChI is InChI=1S/C16H20FNO4/c1-10(14(19)20)7-11-5-6-13(17)8-12(11)9-18-15(21)22-16(2,3)4/h5-6,8H,1,7,9H2,2-4H3,(H,18,21)(H,19,20). The normalized spacial score (nSPS) is 10.9. The first-order chi connectivity index (χ1) is 10.1. The number of hydrogen-bond acceptors (Lipinski definition) is 3. The molecule has 0 aliphatic heterocycles. The zero-order valence-electron chi connectivity index (χ0n) is 12.9. The van der Waals surface area contributed by atoms with Crippen LogP contribution < -0.4 is 5.32 Å². The van der Waals surface area contributed by atoms with Crippen molar-refractivity contribution in [1.82, 2.24) is 5.32 Å². The van der Waals surface area contributed by atoms with Crippen molar-refractivity contribution in [1.29, 1.82) is 0 Å². The lowest BCUT2D eigenvalue weighted by Crippen LogP contribution is -2.32. The molecule has 0 radical (unpaired) electrons. The summed E-state index contributed by atoms with van der Waals surface area (Å²) in [7, 11) is 0. The molecule has 2 N–H and O–H groups in total. The van der Waals surface area contributed by atoms with Crippen LogP contribution in [0.15, 0.2) is 30.4 Å². The van der Waals surface area contributed by atoms with Crippen molar-refractivity contribution >= 4 is 12.1 Å². The monoisotopic (exact) mass is 309 g/mol. The molecule has 120 valence electrons. The Kier molecular flexibility index (Phi) is 5.68. The summed E-state index contributed by atoms with van der Waals surface area (Å²) in [6.45, 7) is 8.69. The molecule has 22 heavy (non-hydrogen) atoms. The van der Waals surface area contributed by atoms with Crippen molar-refractivity contribution in [3.63, 3.8) is 0 Å². The van der Waals surface area contributed by atoms with Gasteiger partial charge in [0.15, 0.2) is 0 Å². The lowest BCUT2D eigenvalue weighted by atomic mass is 10.0. The second-order valence-electron chi connectivity index (χ2n) is 5.85. The first-order valence-corrected chi connectivity index (χ1v) is 6.73. The van der Waals surface area contributed by atoms with Crippen LogP contribution in [0.2, 0.25) is 0 Å². The van der Waals surface area contributed by atoms with Gasteiger partial charge in [-0.15, -0.1) is 0 Å². The van der Waals surface area contributed by atoms with Gasteiger partial charge >= 0.3 is 12.1 Å². The third kappa shape index (κ3) is 5.95. The quantitative estimate of drug-likeness (QED) is 0.820. The smallest absolute Gasteiger partial charge is 0.407 e. The topological polar surface area (TPSA) is 75.6 Å². The molecular weight excluding hydrogens is 289 g/mol. The van der Waals surface area contributed by atoms with Crippen LogP contribution in [-0.4, -0.2) is 22.8 Å². The highest BCUT2D eigenvalue weighted by atomic mass is 19.1. The van der Waals surface area contributed by atoms with Gasteiger partial charge in [-0.05, 0) is 44.0 Å². The molecule has 0 unspecified atom stereocenters. The van der Waals surface area contributed by atoms with Gasteiger partial charge in [-0.2, -0.15) is 0 Å². The molecule has 0 atom stereocenters. The van der Waals surface area contributed by atoms with E-state index in [4.69, 9.17) is 9.84 Å². The number of carboxylic acid groups (broad SMARTS) is 1. The summed E-state index contributed by atoms with van der Waals surface area (Å²) in [6, 6.07) is 3.97. The van der Waals surface area contributed by atoms with Gasteiger partial charge in [0.2, 0.25) is 0 Å². The Bertz CT molecular complexity index is 590. The fourth-order valence-electron chi connectivity index (χ4n) is 1.72. The third-order valence-electron chi connectivity index (χ3n) is 2.70. The van der Waals surface area contributed by atoms with E-state index in [1.165, 1.54) is 18.2 Å². The summed E-state index contributed by atoms with van der Waals surface area (Å²) in [6.07, 6.45) is -0.555. The van der Waals surface area contributed by atoms with Crippen LogP contribution in [0, 0.1) is 5.82 Å². The molecule has 0 spiro atoms. The SMILES string of the molecule is C=C(Cc1ccc(F)cc1CNC(=O)OC(C)(C)C)C(=O)O. The molecule has 0 fully saturated rings. The molecule has 0 aromatic heterocycles. The van der Waals surface area contributed by atoms with Crippen LogP contribution in [0.1, 0.15) is 31.9 Å². The van der Waals surface area contributed by atoms with Crippen molar-refractivity contribution in [3.8, 4) is 0 Å². The van der Waals surface area contributed by atoms with Crippen LogP contribution >= 0.6 is 0 Å². The van der Waals surface area contributed by atoms with E-state index < -0.39 is 23.5 Å². The molecule has 0 saturated carbocycles. The molecule has 0 saturated heterocycles. The van der Waals surface area contributed by atoms with Gasteiger partial charge < -0.3 is 15.2 Å². The number of carbonyl (C=O) groups excluding carboxylic acids is 1. The van der Waals surface area contributed by atoms with E-state index in [0.29, 0.717) is 11.1 Å². The molecule has 0 aliphatic carbocycles. The second-order valence-corrected chi connectivity index (χ2v) is 5.85. The predicted molar refractivity (Wildman–Crippen MR) is 80.0 cm³/mol. The highest BCUT2D eigenvalue weighted by Crippen LogP contribution is 2.16. The summed E-state index contributed by atoms with van der Waals surface area (Å²) >= 11 is 0. The molecular formula is C16H20FNO4. The number of carboxylic acids is 1. The maximum Gasteiger partial charge on any atom is 0.407 e. The predicted octanol–water partition coefficient (Wildman–Crippen LogP) is 3.03. The van der Waals surface area contributed by atoms with Crippen LogP contribution in [0.25, 0.3) is 0 Å². The van der Waals surface area contributed by atoms with Crippen molar-refractivity contribution in [2.24, 2.45) is 0 Å². The van der Waals surface area contributed by atoms with Crippen molar-refractivity contribution < 1.29 is 23.8 Å². The minimum atomic E-state index is -1.12. The molecule has 0 aliphatic rings. The number of nitrogens with one attached hydrogen (secondary N) is 1. The second kappa shape index (κ2) is 7.06. The van der Waals surface area contributed by atoms with Gasteiger partial charge in [-0.25, -0.2) is 14.0 Å². The van der Waals surface area contributed by atoms with Crippen molar-refractivity contribution in [2.45, 2.75) is 39.3 Å². The summed E-state index contributed by atoms with van der Waals surface area (Å²) in [5.74, 6) is -1.58. The highest BCUT2D eigenvalue weighted by molar-refractivity contribution is 5.86. The van der Waals surface area contributed by atoms with Crippen molar-refractivity contribution in [3.05, 3.63) is 47.3 Å². The molecule has 0 heterocycles. The van der Waals surface area contributed by atoms with Gasteiger partial charge in [0, 0.05) is 18.5 Å². The van der Waals surface area contributed by atoms with Gasteiger partial charge in [-0.3, -0.25) is 0 Å². The van der Waals surface area contributed by atoms with E-state index in [1.54, 1.807) is 20.8 Å². The first kappa shape index (κ1) is 17.7. The maximum absolute atomic E-state index is 13.4. The van der Waals surface area contributed by atoms with E-state index in [1.807, 2.05) is 0 Å². The fraction of sp³-hybridized carbons (Fsp3) is 0.375. The Hall–Kier alpha value is -2.37. The number of amides is 1. The minimum absolute atomic E-state index is 0.00914. The summed E-state index contributed by atoms with van der Waals surface area (Å²) < 4.78 is 18.4. The number of carbonyl (C=O) groups is 2. The van der Waals surface area contributed by atoms with Crippen LogP contribution in [0.5, 0.6) is 0 Å². The first-order valence-electron chi connectivity index (χ1n) is 6.73. The molecule has 1 rings (SSSR count). The van der Waals surface area contributed by atoms with Crippen LogP contribution in [0.4, 0.5) is 9.18 Å². The van der Waals surface area contributed by atoms with Gasteiger partial charge in [0.1, 0.15) is 11.4 Å². The minimum Gasteiger partial charge on any atom is -0.478 e. The lowest BCUT2D eigenvalue weighted by molar-refractivity contribution is -0.132. The number of alkyl carbamates (subject to hydrolysis) is 1. The molecule has 1 aromatic rings. The number of hydrogen-bond donors (Lipinski definition) is 2. The number of halogens is 1. The Balaban J connectivity index is 2.80. The average molecular weight is 309 g/mol. The highest BCUT2D eigenvalue weighted by Gasteiger charge is 2.16. The fourth-order valence-corrected chi connectivity index (χ4v) is 1.72. The van der Waals surface area contributed by atoms with Gasteiger partial charge in [0.05, 0.1) is 0 Å². The summed E-state index contributed by atoms with van der Waals surface area (Å²) in [5.41, 5.74) is 0.426. The van der Waals surface area contributed by atoms with Crippen LogP contribution in [-0.2, 0) is 22.5 Å². The summed E-state index contributed by atoms with van der Waals surface area (Å²) in [4.78, 5) is 22.5. The third-order valence-corrected chi connectivity index (χ3v) is 2.70. The number of ether oxygens (including phenoxy) is 1. The Morgan fingerprint density at radius 3 is 2.50 bits per heavy atom. The summed E-state index contributed by atoms with van der Waals surface area (Å²) in [5, 5.41) is 11.4. The lowest BCUT2D eigenvalue weighted by Gasteiger charge is -2.20. The van der Waals surface area contributed by atoms with E-state index in [2.05, 4.69) is 11.9 Å². The molecule has 6 heteroatoms. The average Bonchev–Trinajstić information content (AvgIpc) is 2.36. The number of rotatable bonds is 5. The van der Waals surface area contributed by atoms with E-state index in [9.17, 15) is 14.0 Å².